The summed E-state index contributed by atoms with van der Waals surface area (Å²) in [6, 6.07) is 2.72. The van der Waals surface area contributed by atoms with Crippen LogP contribution in [0.5, 0.6) is 0 Å². The van der Waals surface area contributed by atoms with Crippen LogP contribution >= 0.6 is 0 Å². The molecule has 2 amide bonds. The molecule has 3 N–H and O–H groups in total. The lowest BCUT2D eigenvalue weighted by Gasteiger charge is -2.39. The summed E-state index contributed by atoms with van der Waals surface area (Å²) in [5.74, 6) is 0.0859. The van der Waals surface area contributed by atoms with Crippen LogP contribution in [-0.2, 0) is 9.59 Å². The number of nitrogens with two attached hydrogens (primary N) is 1. The molecule has 0 spiro atoms. The van der Waals surface area contributed by atoms with Gasteiger partial charge in [0.05, 0.1) is 24.9 Å². The van der Waals surface area contributed by atoms with E-state index in [1.807, 2.05) is 13.0 Å². The summed E-state index contributed by atoms with van der Waals surface area (Å²) < 4.78 is 5.43. The fourth-order valence-corrected chi connectivity index (χ4v) is 2.38. The number of nitrogens with one attached hydrogen (secondary N) is 1. The van der Waals surface area contributed by atoms with Gasteiger partial charge in [-0.3, -0.25) is 19.8 Å². The van der Waals surface area contributed by atoms with E-state index in [0.717, 1.165) is 6.42 Å². The molecule has 1 aromatic rings. The van der Waals surface area contributed by atoms with Crippen molar-refractivity contribution in [1.29, 1.82) is 0 Å². The van der Waals surface area contributed by atoms with E-state index >= 15 is 0 Å². The molecule has 1 aliphatic rings. The number of carbonyl (C=O) groups excluding carboxylic acids is 2. The average molecular weight is 265 g/mol. The predicted molar refractivity (Wildman–Crippen MR) is 69.0 cm³/mol. The van der Waals surface area contributed by atoms with Crippen LogP contribution in [-0.4, -0.2) is 35.3 Å². The van der Waals surface area contributed by atoms with Crippen LogP contribution < -0.4 is 11.1 Å². The lowest BCUT2D eigenvalue weighted by Crippen LogP contribution is -2.59. The second-order valence-corrected chi connectivity index (χ2v) is 4.79. The van der Waals surface area contributed by atoms with Crippen LogP contribution in [0.3, 0.4) is 0 Å². The van der Waals surface area contributed by atoms with Crippen molar-refractivity contribution in [2.45, 2.75) is 38.4 Å². The molecule has 0 saturated carbocycles. The predicted octanol–water partition coefficient (Wildman–Crippen LogP) is 0.405. The first-order valence-electron chi connectivity index (χ1n) is 6.43. The largest absolute Gasteiger partial charge is 0.468 e. The van der Waals surface area contributed by atoms with E-state index < -0.39 is 6.04 Å². The van der Waals surface area contributed by atoms with Gasteiger partial charge in [0.1, 0.15) is 5.76 Å². The molecular formula is C13H19N3O3. The Morgan fingerprint density at radius 3 is 2.89 bits per heavy atom. The van der Waals surface area contributed by atoms with Gasteiger partial charge in [-0.25, -0.2) is 0 Å². The highest BCUT2D eigenvalue weighted by Crippen LogP contribution is 2.28. The van der Waals surface area contributed by atoms with E-state index in [-0.39, 0.29) is 30.4 Å². The minimum absolute atomic E-state index is 0.145. The minimum atomic E-state index is -0.412. The molecule has 1 saturated heterocycles. The van der Waals surface area contributed by atoms with E-state index in [0.29, 0.717) is 5.76 Å². The molecule has 6 nitrogen and oxygen atoms in total. The Labute approximate surface area is 111 Å². The Bertz CT molecular complexity index is 458. The van der Waals surface area contributed by atoms with Crippen molar-refractivity contribution in [3.63, 3.8) is 0 Å². The molecular weight excluding hydrogens is 246 g/mol. The molecule has 6 heteroatoms. The Kier molecular flexibility index (Phi) is 4.01. The molecule has 0 aliphatic carbocycles. The minimum Gasteiger partial charge on any atom is -0.468 e. The smallest absolute Gasteiger partial charge is 0.243 e. The summed E-state index contributed by atoms with van der Waals surface area (Å²) in [6.45, 7) is 3.88. The number of nitrogens with zero attached hydrogens (tertiary/aromatic N) is 1. The topological polar surface area (TPSA) is 88.6 Å². The maximum atomic E-state index is 11.8. The van der Waals surface area contributed by atoms with Gasteiger partial charge in [0, 0.05) is 6.04 Å². The average Bonchev–Trinajstić information content (AvgIpc) is 2.88. The Morgan fingerprint density at radius 2 is 2.32 bits per heavy atom. The second kappa shape index (κ2) is 5.54. The van der Waals surface area contributed by atoms with Crippen LogP contribution in [0.1, 0.15) is 32.1 Å². The zero-order chi connectivity index (χ0) is 14.0. The van der Waals surface area contributed by atoms with E-state index in [9.17, 15) is 9.59 Å². The van der Waals surface area contributed by atoms with Gasteiger partial charge >= 0.3 is 0 Å². The van der Waals surface area contributed by atoms with Gasteiger partial charge in [0.2, 0.25) is 11.8 Å². The molecule has 0 bridgehead atoms. The Balaban J connectivity index is 2.32. The highest BCUT2D eigenvalue weighted by molar-refractivity contribution is 6.00. The highest BCUT2D eigenvalue weighted by atomic mass is 16.3. The van der Waals surface area contributed by atoms with Crippen molar-refractivity contribution in [2.24, 2.45) is 5.73 Å². The standard InChI is InChI=1S/C13H19N3O3/c1-3-9(14)12(10-5-4-6-19-10)16-7-11(17)15-13(18)8(16)2/h4-6,8-9,12H,3,7,14H2,1-2H3,(H,15,17,18). The van der Waals surface area contributed by atoms with Crippen molar-refractivity contribution < 1.29 is 14.0 Å². The summed E-state index contributed by atoms with van der Waals surface area (Å²) in [4.78, 5) is 25.1. The van der Waals surface area contributed by atoms with Gasteiger partial charge in [0.15, 0.2) is 0 Å². The van der Waals surface area contributed by atoms with Crippen LogP contribution in [0.2, 0.25) is 0 Å². The lowest BCUT2D eigenvalue weighted by molar-refractivity contribution is -0.141. The van der Waals surface area contributed by atoms with Crippen molar-refractivity contribution in [1.82, 2.24) is 10.2 Å². The van der Waals surface area contributed by atoms with Gasteiger partial charge in [-0.15, -0.1) is 0 Å². The third-order valence-corrected chi connectivity index (χ3v) is 3.53. The van der Waals surface area contributed by atoms with E-state index in [4.69, 9.17) is 10.2 Å². The number of rotatable bonds is 4. The first-order valence-corrected chi connectivity index (χ1v) is 6.43. The van der Waals surface area contributed by atoms with Crippen LogP contribution in [0, 0.1) is 0 Å². The van der Waals surface area contributed by atoms with Gasteiger partial charge in [0.25, 0.3) is 0 Å². The Morgan fingerprint density at radius 1 is 1.58 bits per heavy atom. The number of carbonyl (C=O) groups is 2. The van der Waals surface area contributed by atoms with Crippen LogP contribution in [0.4, 0.5) is 0 Å². The molecule has 1 aromatic heterocycles. The SMILES string of the molecule is CCC(N)C(c1ccco1)N1CC(=O)NC(=O)C1C. The molecule has 2 rings (SSSR count). The summed E-state index contributed by atoms with van der Waals surface area (Å²) >= 11 is 0. The normalized spacial score (nSPS) is 24.1. The third-order valence-electron chi connectivity index (χ3n) is 3.53. The number of hydrogen-bond donors (Lipinski definition) is 2. The number of hydrogen-bond acceptors (Lipinski definition) is 5. The highest BCUT2D eigenvalue weighted by Gasteiger charge is 2.38. The first-order chi connectivity index (χ1) is 9.04. The van der Waals surface area contributed by atoms with Gasteiger partial charge in [-0.2, -0.15) is 0 Å². The van der Waals surface area contributed by atoms with Crippen molar-refractivity contribution >= 4 is 11.8 Å². The van der Waals surface area contributed by atoms with Gasteiger partial charge in [-0.1, -0.05) is 6.92 Å². The quantitative estimate of drug-likeness (QED) is 0.769. The lowest BCUT2D eigenvalue weighted by atomic mass is 9.99. The molecule has 104 valence electrons. The molecule has 1 aliphatic heterocycles. The van der Waals surface area contributed by atoms with Crippen molar-refractivity contribution in [3.05, 3.63) is 24.2 Å². The molecule has 0 radical (unpaired) electrons. The third kappa shape index (κ3) is 2.69. The zero-order valence-electron chi connectivity index (χ0n) is 11.1. The number of furan rings is 1. The molecule has 19 heavy (non-hydrogen) atoms. The van der Waals surface area contributed by atoms with E-state index in [2.05, 4.69) is 5.32 Å². The molecule has 3 unspecified atom stereocenters. The Hall–Kier alpha value is -1.66. The van der Waals surface area contributed by atoms with Crippen molar-refractivity contribution in [2.75, 3.05) is 6.54 Å². The molecule has 2 heterocycles. The number of piperazine rings is 1. The monoisotopic (exact) mass is 265 g/mol. The van der Waals surface area contributed by atoms with Gasteiger partial charge < -0.3 is 10.2 Å². The fourth-order valence-electron chi connectivity index (χ4n) is 2.38. The molecule has 1 fully saturated rings. The van der Waals surface area contributed by atoms with Crippen LogP contribution in [0.25, 0.3) is 0 Å². The molecule has 3 atom stereocenters. The van der Waals surface area contributed by atoms with Crippen molar-refractivity contribution in [3.8, 4) is 0 Å². The van der Waals surface area contributed by atoms with E-state index in [1.54, 1.807) is 24.2 Å². The van der Waals surface area contributed by atoms with Gasteiger partial charge in [-0.05, 0) is 25.5 Å². The van der Waals surface area contributed by atoms with Crippen LogP contribution in [0.15, 0.2) is 22.8 Å². The second-order valence-electron chi connectivity index (χ2n) is 4.79. The number of amides is 2. The maximum Gasteiger partial charge on any atom is 0.243 e. The summed E-state index contributed by atoms with van der Waals surface area (Å²) in [5.41, 5.74) is 6.15. The number of imide groups is 1. The fraction of sp³-hybridized carbons (Fsp3) is 0.538. The zero-order valence-corrected chi connectivity index (χ0v) is 11.1. The maximum absolute atomic E-state index is 11.8. The van der Waals surface area contributed by atoms with E-state index in [1.165, 1.54) is 0 Å². The first kappa shape index (κ1) is 13.8. The molecule has 0 aromatic carbocycles. The summed E-state index contributed by atoms with van der Waals surface area (Å²) in [6.07, 6.45) is 2.30. The summed E-state index contributed by atoms with van der Waals surface area (Å²) in [7, 11) is 0. The summed E-state index contributed by atoms with van der Waals surface area (Å²) in [5, 5.41) is 2.33.